The normalized spacial score (nSPS) is 45.3. The third-order valence-electron chi connectivity index (χ3n) is 2.69. The van der Waals surface area contributed by atoms with E-state index in [9.17, 15) is 0 Å². The van der Waals surface area contributed by atoms with Gasteiger partial charge in [-0.1, -0.05) is 0 Å². The van der Waals surface area contributed by atoms with Crippen LogP contribution >= 0.6 is 0 Å². The first-order chi connectivity index (χ1) is 4.80. The number of nitrogens with zero attached hydrogens (tertiary/aromatic N) is 1. The summed E-state index contributed by atoms with van der Waals surface area (Å²) in [5.74, 6) is 0. The van der Waals surface area contributed by atoms with E-state index in [1.807, 2.05) is 0 Å². The van der Waals surface area contributed by atoms with Crippen LogP contribution in [-0.2, 0) is 0 Å². The van der Waals surface area contributed by atoms with Gasteiger partial charge in [0.15, 0.2) is 0 Å². The van der Waals surface area contributed by atoms with Gasteiger partial charge in [0.2, 0.25) is 0 Å². The van der Waals surface area contributed by atoms with Crippen molar-refractivity contribution in [3.05, 3.63) is 0 Å². The van der Waals surface area contributed by atoms with E-state index in [0.29, 0.717) is 0 Å². The SMILES string of the molecule is CC(C)N1C2CCNCC21. The maximum atomic E-state index is 3.42. The molecule has 1 N–H and O–H groups in total. The highest BCUT2D eigenvalue weighted by atomic mass is 15.4. The number of hydrogen-bond donors (Lipinski definition) is 1. The van der Waals surface area contributed by atoms with E-state index in [1.165, 1.54) is 19.5 Å². The summed E-state index contributed by atoms with van der Waals surface area (Å²) in [6.07, 6.45) is 1.36. The molecule has 0 aromatic heterocycles. The average Bonchev–Trinajstić information content (AvgIpc) is 2.60. The molecule has 0 saturated carbocycles. The molecule has 0 amide bonds. The highest BCUT2D eigenvalue weighted by molar-refractivity contribution is 5.07. The monoisotopic (exact) mass is 140 g/mol. The molecule has 58 valence electrons. The van der Waals surface area contributed by atoms with Crippen molar-refractivity contribution in [3.63, 3.8) is 0 Å². The molecule has 0 spiro atoms. The van der Waals surface area contributed by atoms with Crippen LogP contribution in [0.1, 0.15) is 20.3 Å². The largest absolute Gasteiger partial charge is 0.315 e. The molecule has 0 radical (unpaired) electrons. The van der Waals surface area contributed by atoms with E-state index in [2.05, 4.69) is 24.1 Å². The van der Waals surface area contributed by atoms with Crippen molar-refractivity contribution in [2.24, 2.45) is 0 Å². The molecule has 3 unspecified atom stereocenters. The van der Waals surface area contributed by atoms with E-state index in [1.54, 1.807) is 0 Å². The molecule has 0 aromatic carbocycles. The smallest absolute Gasteiger partial charge is 0.0383 e. The molecular formula is C8H16N2. The summed E-state index contributed by atoms with van der Waals surface area (Å²) in [4.78, 5) is 2.61. The molecule has 3 atom stereocenters. The molecule has 2 heterocycles. The van der Waals surface area contributed by atoms with Crippen molar-refractivity contribution >= 4 is 0 Å². The Bertz CT molecular complexity index is 121. The quantitative estimate of drug-likeness (QED) is 0.532. The van der Waals surface area contributed by atoms with Crippen molar-refractivity contribution in [2.75, 3.05) is 13.1 Å². The second-order valence-corrected chi connectivity index (χ2v) is 3.67. The van der Waals surface area contributed by atoms with Gasteiger partial charge in [-0.25, -0.2) is 0 Å². The minimum absolute atomic E-state index is 0.759. The van der Waals surface area contributed by atoms with Crippen molar-refractivity contribution < 1.29 is 0 Å². The number of rotatable bonds is 1. The lowest BCUT2D eigenvalue weighted by Gasteiger charge is -2.05. The molecule has 2 saturated heterocycles. The molecule has 2 fully saturated rings. The molecule has 0 bridgehead atoms. The molecular weight excluding hydrogens is 124 g/mol. The predicted molar refractivity (Wildman–Crippen MR) is 42.0 cm³/mol. The van der Waals surface area contributed by atoms with Gasteiger partial charge in [0, 0.05) is 24.7 Å². The Balaban J connectivity index is 1.93. The van der Waals surface area contributed by atoms with Gasteiger partial charge in [0.1, 0.15) is 0 Å². The fourth-order valence-corrected chi connectivity index (χ4v) is 2.21. The Morgan fingerprint density at radius 1 is 1.40 bits per heavy atom. The van der Waals surface area contributed by atoms with Crippen molar-refractivity contribution in [1.82, 2.24) is 10.2 Å². The van der Waals surface area contributed by atoms with Gasteiger partial charge >= 0.3 is 0 Å². The summed E-state index contributed by atoms with van der Waals surface area (Å²) in [5.41, 5.74) is 0. The molecule has 10 heavy (non-hydrogen) atoms. The third kappa shape index (κ3) is 0.867. The van der Waals surface area contributed by atoms with Crippen LogP contribution in [0.4, 0.5) is 0 Å². The van der Waals surface area contributed by atoms with E-state index in [4.69, 9.17) is 0 Å². The zero-order valence-corrected chi connectivity index (χ0v) is 6.80. The van der Waals surface area contributed by atoms with Crippen LogP contribution in [0.2, 0.25) is 0 Å². The summed E-state index contributed by atoms with van der Waals surface area (Å²) < 4.78 is 0. The van der Waals surface area contributed by atoms with Gasteiger partial charge in [0.25, 0.3) is 0 Å². The van der Waals surface area contributed by atoms with Crippen LogP contribution in [0, 0.1) is 0 Å². The van der Waals surface area contributed by atoms with E-state index >= 15 is 0 Å². The van der Waals surface area contributed by atoms with Crippen LogP contribution in [0.25, 0.3) is 0 Å². The Morgan fingerprint density at radius 2 is 2.20 bits per heavy atom. The lowest BCUT2D eigenvalue weighted by molar-refractivity contribution is 0.401. The average molecular weight is 140 g/mol. The summed E-state index contributed by atoms with van der Waals surface area (Å²) >= 11 is 0. The maximum absolute atomic E-state index is 3.42. The van der Waals surface area contributed by atoms with E-state index in [-0.39, 0.29) is 0 Å². The van der Waals surface area contributed by atoms with Crippen molar-refractivity contribution in [3.8, 4) is 0 Å². The third-order valence-corrected chi connectivity index (χ3v) is 2.69. The Morgan fingerprint density at radius 3 is 2.70 bits per heavy atom. The fourth-order valence-electron chi connectivity index (χ4n) is 2.21. The highest BCUT2D eigenvalue weighted by Crippen LogP contribution is 2.34. The van der Waals surface area contributed by atoms with Crippen LogP contribution in [0.3, 0.4) is 0 Å². The molecule has 2 nitrogen and oxygen atoms in total. The van der Waals surface area contributed by atoms with Crippen molar-refractivity contribution in [1.29, 1.82) is 0 Å². The number of fused-ring (bicyclic) bond motifs is 1. The second kappa shape index (κ2) is 2.21. The van der Waals surface area contributed by atoms with Gasteiger partial charge in [-0.3, -0.25) is 4.90 Å². The summed E-state index contributed by atoms with van der Waals surface area (Å²) in [7, 11) is 0. The molecule has 2 aliphatic rings. The van der Waals surface area contributed by atoms with E-state index in [0.717, 1.165) is 18.1 Å². The summed E-state index contributed by atoms with van der Waals surface area (Å²) in [6, 6.07) is 2.57. The molecule has 2 rings (SSSR count). The molecule has 2 aliphatic heterocycles. The first kappa shape index (κ1) is 6.62. The Hall–Kier alpha value is -0.0800. The van der Waals surface area contributed by atoms with E-state index < -0.39 is 0 Å². The number of hydrogen-bond acceptors (Lipinski definition) is 2. The van der Waals surface area contributed by atoms with Gasteiger partial charge < -0.3 is 5.32 Å². The molecule has 0 aliphatic carbocycles. The topological polar surface area (TPSA) is 15.0 Å². The first-order valence-electron chi connectivity index (χ1n) is 4.29. The number of nitrogens with one attached hydrogen (secondary N) is 1. The fraction of sp³-hybridized carbons (Fsp3) is 1.00. The van der Waals surface area contributed by atoms with Gasteiger partial charge in [-0.05, 0) is 26.8 Å². The summed E-state index contributed by atoms with van der Waals surface area (Å²) in [5, 5.41) is 3.42. The number of piperidine rings is 1. The van der Waals surface area contributed by atoms with Gasteiger partial charge in [0.05, 0.1) is 0 Å². The summed E-state index contributed by atoms with van der Waals surface area (Å²) in [6.45, 7) is 7.03. The lowest BCUT2D eigenvalue weighted by Crippen LogP contribution is -2.28. The maximum Gasteiger partial charge on any atom is 0.0383 e. The van der Waals surface area contributed by atoms with Crippen LogP contribution in [-0.4, -0.2) is 36.1 Å². The highest BCUT2D eigenvalue weighted by Gasteiger charge is 2.49. The zero-order chi connectivity index (χ0) is 7.14. The molecule has 0 aromatic rings. The Labute approximate surface area is 62.6 Å². The Kier molecular flexibility index (Phi) is 1.46. The minimum Gasteiger partial charge on any atom is -0.315 e. The van der Waals surface area contributed by atoms with Crippen LogP contribution in [0.15, 0.2) is 0 Å². The van der Waals surface area contributed by atoms with Crippen molar-refractivity contribution in [2.45, 2.75) is 38.4 Å². The van der Waals surface area contributed by atoms with Gasteiger partial charge in [-0.2, -0.15) is 0 Å². The first-order valence-corrected chi connectivity index (χ1v) is 4.29. The molecule has 2 heteroatoms. The minimum atomic E-state index is 0.759. The van der Waals surface area contributed by atoms with Crippen LogP contribution in [0.5, 0.6) is 0 Å². The predicted octanol–water partition coefficient (Wildman–Crippen LogP) is 0.441. The van der Waals surface area contributed by atoms with Gasteiger partial charge in [-0.15, -0.1) is 0 Å². The standard InChI is InChI=1S/C8H16N2/c1-6(2)10-7-3-4-9-5-8(7)10/h6-9H,3-5H2,1-2H3. The zero-order valence-electron chi connectivity index (χ0n) is 6.80. The lowest BCUT2D eigenvalue weighted by atomic mass is 10.2. The second-order valence-electron chi connectivity index (χ2n) is 3.67. The van der Waals surface area contributed by atoms with Crippen LogP contribution < -0.4 is 5.32 Å².